The molecule has 17 heavy (non-hydrogen) atoms. The predicted molar refractivity (Wildman–Crippen MR) is 70.2 cm³/mol. The van der Waals surface area contributed by atoms with E-state index in [-0.39, 0.29) is 5.78 Å². The molecule has 2 nitrogen and oxygen atoms in total. The predicted octanol–water partition coefficient (Wildman–Crippen LogP) is 3.31. The molecule has 1 aromatic rings. The highest BCUT2D eigenvalue weighted by atomic mass is 16.5. The first-order valence-corrected chi connectivity index (χ1v) is 6.22. The largest absolute Gasteiger partial charge is 0.370 e. The van der Waals surface area contributed by atoms with E-state index in [1.165, 1.54) is 5.56 Å². The zero-order valence-corrected chi connectivity index (χ0v) is 11.2. The molecule has 0 aliphatic rings. The highest BCUT2D eigenvalue weighted by Crippen LogP contribution is 2.23. The maximum Gasteiger partial charge on any atom is 0.168 e. The van der Waals surface area contributed by atoms with E-state index in [4.69, 9.17) is 4.74 Å². The summed E-state index contributed by atoms with van der Waals surface area (Å²) in [6.45, 7) is 6.04. The fourth-order valence-corrected chi connectivity index (χ4v) is 2.10. The average Bonchev–Trinajstić information content (AvgIpc) is 2.35. The lowest BCUT2D eigenvalue weighted by Gasteiger charge is -2.28. The summed E-state index contributed by atoms with van der Waals surface area (Å²) in [5.74, 6) is 0.175. The van der Waals surface area contributed by atoms with Gasteiger partial charge in [-0.05, 0) is 25.3 Å². The second-order valence-corrected chi connectivity index (χ2v) is 4.49. The van der Waals surface area contributed by atoms with Gasteiger partial charge in [0.2, 0.25) is 0 Å². The van der Waals surface area contributed by atoms with Crippen molar-refractivity contribution in [2.24, 2.45) is 0 Å². The third kappa shape index (κ3) is 3.16. The number of carbonyl (C=O) groups excluding carboxylic acids is 1. The molecule has 0 bridgehead atoms. The molecule has 0 unspecified atom stereocenters. The molecule has 0 heterocycles. The number of aryl methyl sites for hydroxylation is 1. The lowest BCUT2D eigenvalue weighted by molar-refractivity contribution is -0.141. The van der Waals surface area contributed by atoms with Crippen LogP contribution in [0.1, 0.15) is 37.8 Å². The molecule has 2 heteroatoms. The van der Waals surface area contributed by atoms with E-state index < -0.39 is 5.60 Å². The summed E-state index contributed by atoms with van der Waals surface area (Å²) in [6, 6.07) is 8.10. The molecule has 1 aromatic carbocycles. The number of ketones is 1. The highest BCUT2D eigenvalue weighted by molar-refractivity contribution is 5.89. The number of Topliss-reactive ketones (excluding diaryl/α,β-unsaturated/α-hetero) is 1. The molecule has 0 atom stereocenters. The first-order valence-electron chi connectivity index (χ1n) is 6.22. The number of benzene rings is 1. The Labute approximate surface area is 104 Å². The molecule has 0 fully saturated rings. The van der Waals surface area contributed by atoms with E-state index >= 15 is 0 Å². The zero-order valence-electron chi connectivity index (χ0n) is 11.2. The fraction of sp³-hybridized carbons (Fsp3) is 0.533. The topological polar surface area (TPSA) is 26.3 Å². The van der Waals surface area contributed by atoms with E-state index in [9.17, 15) is 4.79 Å². The first-order chi connectivity index (χ1) is 8.07. The number of rotatable bonds is 6. The van der Waals surface area contributed by atoms with Crippen molar-refractivity contribution in [3.8, 4) is 0 Å². The van der Waals surface area contributed by atoms with Gasteiger partial charge in [0.05, 0.1) is 0 Å². The van der Waals surface area contributed by atoms with Crippen LogP contribution in [0.3, 0.4) is 0 Å². The average molecular weight is 234 g/mol. The van der Waals surface area contributed by atoms with Crippen molar-refractivity contribution in [3.63, 3.8) is 0 Å². The normalized spacial score (nSPS) is 11.5. The Morgan fingerprint density at radius 3 is 2.12 bits per heavy atom. The summed E-state index contributed by atoms with van der Waals surface area (Å²) in [5.41, 5.74) is 1.67. The van der Waals surface area contributed by atoms with Gasteiger partial charge in [-0.3, -0.25) is 4.79 Å². The van der Waals surface area contributed by atoms with Crippen molar-refractivity contribution in [1.82, 2.24) is 0 Å². The smallest absolute Gasteiger partial charge is 0.168 e. The molecule has 0 saturated carbocycles. The summed E-state index contributed by atoms with van der Waals surface area (Å²) in [7, 11) is 1.63. The van der Waals surface area contributed by atoms with E-state index in [0.29, 0.717) is 6.42 Å². The molecular weight excluding hydrogens is 212 g/mol. The summed E-state index contributed by atoms with van der Waals surface area (Å²) < 4.78 is 5.44. The summed E-state index contributed by atoms with van der Waals surface area (Å²) >= 11 is 0. The van der Waals surface area contributed by atoms with Gasteiger partial charge in [0.25, 0.3) is 0 Å². The Balaban J connectivity index is 2.80. The van der Waals surface area contributed by atoms with E-state index in [1.807, 2.05) is 45.0 Å². The van der Waals surface area contributed by atoms with Crippen LogP contribution >= 0.6 is 0 Å². The van der Waals surface area contributed by atoms with Crippen LogP contribution in [0, 0.1) is 6.92 Å². The van der Waals surface area contributed by atoms with Crippen LogP contribution in [0.25, 0.3) is 0 Å². The standard InChI is InChI=1S/C15H22O2/c1-5-15(6-2,17-4)14(16)11-13-9-7-12(3)8-10-13/h7-10H,5-6,11H2,1-4H3. The number of hydrogen-bond donors (Lipinski definition) is 0. The van der Waals surface area contributed by atoms with Crippen LogP contribution in [-0.2, 0) is 16.0 Å². The quantitative estimate of drug-likeness (QED) is 0.754. The molecule has 94 valence electrons. The maximum atomic E-state index is 12.3. The molecule has 0 aromatic heterocycles. The van der Waals surface area contributed by atoms with Gasteiger partial charge in [0.15, 0.2) is 5.78 Å². The zero-order chi connectivity index (χ0) is 12.9. The summed E-state index contributed by atoms with van der Waals surface area (Å²) in [6.07, 6.45) is 1.91. The second-order valence-electron chi connectivity index (χ2n) is 4.49. The Morgan fingerprint density at radius 1 is 1.18 bits per heavy atom. The van der Waals surface area contributed by atoms with Gasteiger partial charge in [-0.25, -0.2) is 0 Å². The maximum absolute atomic E-state index is 12.3. The van der Waals surface area contributed by atoms with Crippen LogP contribution < -0.4 is 0 Å². The first kappa shape index (κ1) is 13.9. The SMILES string of the molecule is CCC(CC)(OC)C(=O)Cc1ccc(C)cc1. The van der Waals surface area contributed by atoms with Gasteiger partial charge in [-0.1, -0.05) is 43.7 Å². The molecule has 0 N–H and O–H groups in total. The van der Waals surface area contributed by atoms with Gasteiger partial charge in [-0.2, -0.15) is 0 Å². The van der Waals surface area contributed by atoms with Crippen molar-refractivity contribution in [3.05, 3.63) is 35.4 Å². The molecule has 1 rings (SSSR count). The fourth-order valence-electron chi connectivity index (χ4n) is 2.10. The Morgan fingerprint density at radius 2 is 1.71 bits per heavy atom. The van der Waals surface area contributed by atoms with Crippen molar-refractivity contribution in [1.29, 1.82) is 0 Å². The minimum Gasteiger partial charge on any atom is -0.370 e. The number of hydrogen-bond acceptors (Lipinski definition) is 2. The van der Waals surface area contributed by atoms with Gasteiger partial charge in [0, 0.05) is 13.5 Å². The third-order valence-corrected chi connectivity index (χ3v) is 3.53. The van der Waals surface area contributed by atoms with Crippen molar-refractivity contribution in [2.75, 3.05) is 7.11 Å². The van der Waals surface area contributed by atoms with Crippen LogP contribution in [-0.4, -0.2) is 18.5 Å². The van der Waals surface area contributed by atoms with Crippen molar-refractivity contribution in [2.45, 2.75) is 45.6 Å². The Kier molecular flexibility index (Phi) is 4.88. The molecule has 0 aliphatic heterocycles. The van der Waals surface area contributed by atoms with Crippen LogP contribution in [0.15, 0.2) is 24.3 Å². The minimum atomic E-state index is -0.606. The van der Waals surface area contributed by atoms with Gasteiger partial charge < -0.3 is 4.74 Å². The van der Waals surface area contributed by atoms with Crippen molar-refractivity contribution >= 4 is 5.78 Å². The molecule has 0 aliphatic carbocycles. The lowest BCUT2D eigenvalue weighted by atomic mass is 9.88. The van der Waals surface area contributed by atoms with E-state index in [2.05, 4.69) is 0 Å². The Bertz CT molecular complexity index is 353. The van der Waals surface area contributed by atoms with Crippen molar-refractivity contribution < 1.29 is 9.53 Å². The van der Waals surface area contributed by atoms with Gasteiger partial charge in [0.1, 0.15) is 5.60 Å². The van der Waals surface area contributed by atoms with Crippen LogP contribution in [0.4, 0.5) is 0 Å². The second kappa shape index (κ2) is 5.97. The Hall–Kier alpha value is -1.15. The molecule has 0 amide bonds. The van der Waals surface area contributed by atoms with Gasteiger partial charge >= 0.3 is 0 Å². The van der Waals surface area contributed by atoms with E-state index in [0.717, 1.165) is 18.4 Å². The number of carbonyl (C=O) groups is 1. The minimum absolute atomic E-state index is 0.175. The van der Waals surface area contributed by atoms with Gasteiger partial charge in [-0.15, -0.1) is 0 Å². The van der Waals surface area contributed by atoms with E-state index in [1.54, 1.807) is 7.11 Å². The lowest BCUT2D eigenvalue weighted by Crippen LogP contribution is -2.40. The monoisotopic (exact) mass is 234 g/mol. The number of ether oxygens (including phenoxy) is 1. The summed E-state index contributed by atoms with van der Waals surface area (Å²) in [5, 5.41) is 0. The molecular formula is C15H22O2. The summed E-state index contributed by atoms with van der Waals surface area (Å²) in [4.78, 5) is 12.3. The molecule has 0 radical (unpaired) electrons. The van der Waals surface area contributed by atoms with Crippen LogP contribution in [0.5, 0.6) is 0 Å². The highest BCUT2D eigenvalue weighted by Gasteiger charge is 2.33. The van der Waals surface area contributed by atoms with Crippen LogP contribution in [0.2, 0.25) is 0 Å². The number of methoxy groups -OCH3 is 1. The third-order valence-electron chi connectivity index (χ3n) is 3.53. The molecule has 0 saturated heterocycles. The molecule has 0 spiro atoms.